The van der Waals surface area contributed by atoms with Gasteiger partial charge in [-0.3, -0.25) is 9.69 Å². The quantitative estimate of drug-likeness (QED) is 0.532. The molecule has 1 saturated heterocycles. The zero-order valence-corrected chi connectivity index (χ0v) is 18.0. The molecule has 0 spiro atoms. The van der Waals surface area contributed by atoms with E-state index in [4.69, 9.17) is 16.1 Å². The lowest BCUT2D eigenvalue weighted by Crippen LogP contribution is -2.48. The molecule has 0 atom stereocenters. The Balaban J connectivity index is 1.15. The molecule has 1 aliphatic rings. The largest absolute Gasteiger partial charge is 0.339 e. The summed E-state index contributed by atoms with van der Waals surface area (Å²) in [5, 5.41) is 9.18. The van der Waals surface area contributed by atoms with Crippen LogP contribution in [0.3, 0.4) is 0 Å². The molecule has 8 nitrogen and oxygen atoms in total. The number of aryl methyl sites for hydroxylation is 1. The van der Waals surface area contributed by atoms with Gasteiger partial charge in [0.05, 0.1) is 17.1 Å². The minimum atomic E-state index is -0.0729. The van der Waals surface area contributed by atoms with Gasteiger partial charge in [0.2, 0.25) is 17.6 Å². The highest BCUT2D eigenvalue weighted by Gasteiger charge is 2.19. The number of halogens is 1. The van der Waals surface area contributed by atoms with Crippen molar-refractivity contribution in [3.8, 4) is 10.7 Å². The average molecular weight is 447 g/mol. The summed E-state index contributed by atoms with van der Waals surface area (Å²) in [6.45, 7) is 4.92. The van der Waals surface area contributed by atoms with Crippen LogP contribution >= 0.6 is 22.9 Å². The summed E-state index contributed by atoms with van der Waals surface area (Å²) >= 11 is 7.59. The lowest BCUT2D eigenvalue weighted by molar-refractivity contribution is -0.117. The second kappa shape index (κ2) is 10.1. The van der Waals surface area contributed by atoms with Crippen LogP contribution < -0.4 is 5.32 Å². The molecular weight excluding hydrogens is 424 g/mol. The molecule has 1 aliphatic heterocycles. The molecule has 3 aromatic heterocycles. The number of nitrogens with zero attached hydrogens (tertiary/aromatic N) is 5. The normalized spacial score (nSPS) is 15.4. The Morgan fingerprint density at radius 1 is 1.20 bits per heavy atom. The topological polar surface area (TPSA) is 87.4 Å². The van der Waals surface area contributed by atoms with E-state index in [1.807, 2.05) is 17.5 Å². The van der Waals surface area contributed by atoms with Crippen molar-refractivity contribution in [2.45, 2.75) is 12.8 Å². The minimum Gasteiger partial charge on any atom is -0.339 e. The molecule has 3 aromatic rings. The highest BCUT2D eigenvalue weighted by atomic mass is 35.5. The van der Waals surface area contributed by atoms with Crippen molar-refractivity contribution in [3.63, 3.8) is 0 Å². The summed E-state index contributed by atoms with van der Waals surface area (Å²) in [6, 6.07) is 7.47. The number of amides is 1. The van der Waals surface area contributed by atoms with Crippen LogP contribution in [0.5, 0.6) is 0 Å². The molecule has 0 unspecified atom stereocenters. The van der Waals surface area contributed by atoms with E-state index in [1.165, 1.54) is 0 Å². The first-order valence-corrected chi connectivity index (χ1v) is 11.1. The van der Waals surface area contributed by atoms with Gasteiger partial charge in [-0.15, -0.1) is 11.3 Å². The summed E-state index contributed by atoms with van der Waals surface area (Å²) in [5.41, 5.74) is 0.547. The predicted octanol–water partition coefficient (Wildman–Crippen LogP) is 3.04. The number of carbonyl (C=O) groups is 1. The molecule has 0 aliphatic carbocycles. The Bertz CT molecular complexity index is 956. The zero-order valence-electron chi connectivity index (χ0n) is 16.5. The van der Waals surface area contributed by atoms with Crippen LogP contribution in [-0.4, -0.2) is 70.1 Å². The monoisotopic (exact) mass is 446 g/mol. The summed E-state index contributed by atoms with van der Waals surface area (Å²) in [6.07, 6.45) is 3.33. The molecule has 158 valence electrons. The van der Waals surface area contributed by atoms with Crippen LogP contribution in [0.15, 0.2) is 40.4 Å². The fraction of sp³-hybridized carbons (Fsp3) is 0.400. The number of rotatable bonds is 8. The fourth-order valence-corrected chi connectivity index (χ4v) is 4.18. The van der Waals surface area contributed by atoms with Crippen molar-refractivity contribution in [3.05, 3.63) is 46.9 Å². The Hall–Kier alpha value is -2.33. The maximum Gasteiger partial charge on any atom is 0.238 e. The van der Waals surface area contributed by atoms with E-state index in [0.29, 0.717) is 29.1 Å². The number of hydrogen-bond donors (Lipinski definition) is 1. The third-order valence-corrected chi connectivity index (χ3v) is 6.11. The molecule has 4 rings (SSSR count). The zero-order chi connectivity index (χ0) is 20.8. The number of anilines is 1. The lowest BCUT2D eigenvalue weighted by Gasteiger charge is -2.34. The van der Waals surface area contributed by atoms with E-state index < -0.39 is 0 Å². The van der Waals surface area contributed by atoms with Gasteiger partial charge >= 0.3 is 0 Å². The average Bonchev–Trinajstić information content (AvgIpc) is 3.43. The Morgan fingerprint density at radius 2 is 2.03 bits per heavy atom. The van der Waals surface area contributed by atoms with Crippen LogP contribution in [0.2, 0.25) is 5.15 Å². The van der Waals surface area contributed by atoms with Crippen molar-refractivity contribution < 1.29 is 9.32 Å². The number of pyridine rings is 1. The van der Waals surface area contributed by atoms with E-state index in [2.05, 4.69) is 30.2 Å². The highest BCUT2D eigenvalue weighted by molar-refractivity contribution is 7.13. The van der Waals surface area contributed by atoms with Crippen molar-refractivity contribution in [1.82, 2.24) is 24.9 Å². The van der Waals surface area contributed by atoms with Gasteiger partial charge in [0.15, 0.2) is 5.15 Å². The van der Waals surface area contributed by atoms with Crippen molar-refractivity contribution in [1.29, 1.82) is 0 Å². The molecule has 4 heterocycles. The van der Waals surface area contributed by atoms with Gasteiger partial charge in [-0.05, 0) is 36.5 Å². The van der Waals surface area contributed by atoms with Crippen molar-refractivity contribution >= 4 is 34.5 Å². The number of thiophene rings is 1. The van der Waals surface area contributed by atoms with Gasteiger partial charge in [-0.2, -0.15) is 4.98 Å². The van der Waals surface area contributed by atoms with Gasteiger partial charge in [-0.1, -0.05) is 22.8 Å². The van der Waals surface area contributed by atoms with E-state index in [9.17, 15) is 4.79 Å². The molecule has 0 radical (unpaired) electrons. The highest BCUT2D eigenvalue weighted by Crippen LogP contribution is 2.21. The second-order valence-corrected chi connectivity index (χ2v) is 8.41. The first-order valence-electron chi connectivity index (χ1n) is 9.89. The van der Waals surface area contributed by atoms with Crippen LogP contribution in [0, 0.1) is 0 Å². The molecule has 1 fully saturated rings. The maximum absolute atomic E-state index is 12.3. The first-order chi connectivity index (χ1) is 14.7. The van der Waals surface area contributed by atoms with Crippen LogP contribution in [0.4, 0.5) is 5.69 Å². The number of carbonyl (C=O) groups excluding carboxylic acids is 1. The van der Waals surface area contributed by atoms with Crippen LogP contribution in [0.1, 0.15) is 12.3 Å². The molecule has 0 bridgehead atoms. The molecule has 10 heteroatoms. The fourth-order valence-electron chi connectivity index (χ4n) is 3.36. The van der Waals surface area contributed by atoms with Gasteiger partial charge in [-0.25, -0.2) is 4.98 Å². The van der Waals surface area contributed by atoms with Gasteiger partial charge in [0.25, 0.3) is 0 Å². The van der Waals surface area contributed by atoms with Gasteiger partial charge in [0.1, 0.15) is 0 Å². The Labute approximate surface area is 183 Å². The molecule has 0 aromatic carbocycles. The standard InChI is InChI=1S/C20H23ClN6O2S/c21-19-15(4-1-7-22-19)23-17(28)14-27-11-9-26(10-12-27)8-2-6-18-24-20(25-29-18)16-5-3-13-30-16/h1,3-5,7,13H,2,6,8-12,14H2,(H,23,28). The first kappa shape index (κ1) is 20.9. The summed E-state index contributed by atoms with van der Waals surface area (Å²) < 4.78 is 5.36. The molecule has 1 N–H and O–H groups in total. The van der Waals surface area contributed by atoms with E-state index in [1.54, 1.807) is 29.7 Å². The summed E-state index contributed by atoms with van der Waals surface area (Å²) in [5.74, 6) is 1.28. The van der Waals surface area contributed by atoms with E-state index in [-0.39, 0.29) is 5.91 Å². The van der Waals surface area contributed by atoms with E-state index >= 15 is 0 Å². The smallest absolute Gasteiger partial charge is 0.238 e. The Kier molecular flexibility index (Phi) is 7.06. The molecular formula is C20H23ClN6O2S. The number of nitrogens with one attached hydrogen (secondary N) is 1. The van der Waals surface area contributed by atoms with Crippen molar-refractivity contribution in [2.75, 3.05) is 44.6 Å². The molecule has 30 heavy (non-hydrogen) atoms. The van der Waals surface area contributed by atoms with Crippen molar-refractivity contribution in [2.24, 2.45) is 0 Å². The van der Waals surface area contributed by atoms with E-state index in [0.717, 1.165) is 50.4 Å². The SMILES string of the molecule is O=C(CN1CCN(CCCc2nc(-c3cccs3)no2)CC1)Nc1cccnc1Cl. The third kappa shape index (κ3) is 5.63. The van der Waals surface area contributed by atoms with Crippen LogP contribution in [0.25, 0.3) is 10.7 Å². The molecule has 0 saturated carbocycles. The number of hydrogen-bond acceptors (Lipinski definition) is 8. The summed E-state index contributed by atoms with van der Waals surface area (Å²) in [4.78, 5) is 26.3. The predicted molar refractivity (Wildman–Crippen MR) is 117 cm³/mol. The number of piperazine rings is 1. The van der Waals surface area contributed by atoms with Gasteiger partial charge < -0.3 is 14.7 Å². The lowest BCUT2D eigenvalue weighted by atomic mass is 10.2. The second-order valence-electron chi connectivity index (χ2n) is 7.10. The number of aromatic nitrogens is 3. The summed E-state index contributed by atoms with van der Waals surface area (Å²) in [7, 11) is 0. The van der Waals surface area contributed by atoms with Crippen LogP contribution in [-0.2, 0) is 11.2 Å². The maximum atomic E-state index is 12.3. The van der Waals surface area contributed by atoms with Gasteiger partial charge in [0, 0.05) is 38.8 Å². The molecule has 1 amide bonds. The minimum absolute atomic E-state index is 0.0729. The Morgan fingerprint density at radius 3 is 2.80 bits per heavy atom. The third-order valence-electron chi connectivity index (χ3n) is 4.94.